The Balaban J connectivity index is 2.17. The highest BCUT2D eigenvalue weighted by atomic mass is 79.9. The van der Waals surface area contributed by atoms with E-state index in [1.54, 1.807) is 6.07 Å². The van der Waals surface area contributed by atoms with E-state index in [0.29, 0.717) is 30.4 Å². The second-order valence-corrected chi connectivity index (χ2v) is 4.42. The predicted octanol–water partition coefficient (Wildman–Crippen LogP) is 2.46. The smallest absolute Gasteiger partial charge is 0.222 e. The van der Waals surface area contributed by atoms with Crippen molar-refractivity contribution >= 4 is 21.8 Å². The van der Waals surface area contributed by atoms with Gasteiger partial charge in [0.25, 0.3) is 0 Å². The first-order chi connectivity index (χ1) is 8.25. The number of rotatable bonds is 1. The number of fused-ring (bicyclic) bond motifs is 1. The Hall–Kier alpha value is -1.69. The highest BCUT2D eigenvalue weighted by Crippen LogP contribution is 2.44. The molecule has 0 spiro atoms. The van der Waals surface area contributed by atoms with Crippen molar-refractivity contribution in [2.75, 3.05) is 18.9 Å². The van der Waals surface area contributed by atoms with E-state index < -0.39 is 0 Å². The van der Waals surface area contributed by atoms with Gasteiger partial charge in [-0.2, -0.15) is 0 Å². The van der Waals surface area contributed by atoms with E-state index in [-0.39, 0.29) is 5.88 Å². The molecule has 1 aliphatic heterocycles. The average molecular weight is 297 g/mol. The summed E-state index contributed by atoms with van der Waals surface area (Å²) < 4.78 is 16.9. The predicted molar refractivity (Wildman–Crippen MR) is 65.0 cm³/mol. The molecule has 2 aromatic rings. The Labute approximate surface area is 106 Å². The van der Waals surface area contributed by atoms with Crippen LogP contribution in [0.15, 0.2) is 27.2 Å². The fourth-order valence-electron chi connectivity index (χ4n) is 1.72. The first-order valence-electron chi connectivity index (χ1n) is 5.06. The van der Waals surface area contributed by atoms with E-state index in [0.717, 1.165) is 10.0 Å². The third-order valence-corrected chi connectivity index (χ3v) is 3.07. The lowest BCUT2D eigenvalue weighted by atomic mass is 10.1. The van der Waals surface area contributed by atoms with Crippen molar-refractivity contribution in [3.05, 3.63) is 22.7 Å². The van der Waals surface area contributed by atoms with Gasteiger partial charge >= 0.3 is 0 Å². The topological polar surface area (TPSA) is 70.5 Å². The molecule has 17 heavy (non-hydrogen) atoms. The monoisotopic (exact) mass is 296 g/mol. The summed E-state index contributed by atoms with van der Waals surface area (Å²) in [5, 5.41) is 3.87. The zero-order valence-corrected chi connectivity index (χ0v) is 10.4. The number of nitrogens with zero attached hydrogens (tertiary/aromatic N) is 1. The van der Waals surface area contributed by atoms with Gasteiger partial charge in [-0.1, -0.05) is 5.16 Å². The summed E-state index contributed by atoms with van der Waals surface area (Å²) in [5.74, 6) is 1.63. The van der Waals surface area contributed by atoms with Crippen LogP contribution in [0.4, 0.5) is 5.88 Å². The van der Waals surface area contributed by atoms with Crippen molar-refractivity contribution in [3.8, 4) is 22.8 Å². The zero-order valence-electron chi connectivity index (χ0n) is 8.77. The molecule has 0 saturated carbocycles. The van der Waals surface area contributed by atoms with Crippen LogP contribution in [0.25, 0.3) is 11.3 Å². The van der Waals surface area contributed by atoms with E-state index in [1.807, 2.05) is 12.1 Å². The fourth-order valence-corrected chi connectivity index (χ4v) is 2.15. The molecule has 0 unspecified atom stereocenters. The maximum absolute atomic E-state index is 5.62. The number of nitrogen functional groups attached to an aromatic ring is 1. The lowest BCUT2D eigenvalue weighted by molar-refractivity contribution is 0.171. The maximum atomic E-state index is 5.62. The van der Waals surface area contributed by atoms with E-state index in [1.165, 1.54) is 0 Å². The molecule has 5 nitrogen and oxygen atoms in total. The summed E-state index contributed by atoms with van der Waals surface area (Å²) in [7, 11) is 0. The number of benzene rings is 1. The molecule has 0 saturated heterocycles. The third-order valence-electron chi connectivity index (χ3n) is 2.44. The van der Waals surface area contributed by atoms with Gasteiger partial charge in [-0.05, 0) is 28.1 Å². The van der Waals surface area contributed by atoms with Crippen LogP contribution in [0.1, 0.15) is 0 Å². The summed E-state index contributed by atoms with van der Waals surface area (Å²) in [4.78, 5) is 0. The molecule has 1 aliphatic rings. The summed E-state index contributed by atoms with van der Waals surface area (Å²) in [5.41, 5.74) is 6.96. The number of halogens is 1. The minimum atomic E-state index is 0.272. The summed E-state index contributed by atoms with van der Waals surface area (Å²) in [6.45, 7) is 1.06. The zero-order chi connectivity index (χ0) is 11.8. The van der Waals surface area contributed by atoms with Crippen LogP contribution in [0.3, 0.4) is 0 Å². The summed E-state index contributed by atoms with van der Waals surface area (Å²) in [6.07, 6.45) is 0. The van der Waals surface area contributed by atoms with Crippen LogP contribution in [0, 0.1) is 0 Å². The van der Waals surface area contributed by atoms with Crippen molar-refractivity contribution in [1.82, 2.24) is 5.16 Å². The molecule has 0 fully saturated rings. The highest BCUT2D eigenvalue weighted by molar-refractivity contribution is 9.10. The molecule has 6 heteroatoms. The number of anilines is 1. The van der Waals surface area contributed by atoms with Gasteiger partial charge in [-0.25, -0.2) is 0 Å². The molecule has 2 heterocycles. The van der Waals surface area contributed by atoms with Gasteiger partial charge < -0.3 is 19.7 Å². The van der Waals surface area contributed by atoms with Crippen molar-refractivity contribution < 1.29 is 14.0 Å². The number of hydrogen-bond donors (Lipinski definition) is 1. The van der Waals surface area contributed by atoms with Gasteiger partial charge in [0.2, 0.25) is 5.88 Å². The number of aromatic nitrogens is 1. The first-order valence-corrected chi connectivity index (χ1v) is 5.85. The number of nitrogens with two attached hydrogens (primary N) is 1. The van der Waals surface area contributed by atoms with Crippen molar-refractivity contribution in [3.63, 3.8) is 0 Å². The average Bonchev–Trinajstić information content (AvgIpc) is 2.77. The van der Waals surface area contributed by atoms with Gasteiger partial charge in [0.15, 0.2) is 11.5 Å². The fraction of sp³-hybridized carbons (Fsp3) is 0.182. The van der Waals surface area contributed by atoms with E-state index >= 15 is 0 Å². The minimum Gasteiger partial charge on any atom is -0.485 e. The SMILES string of the molecule is Nc1cc(-c2ccc(Br)c3c2OCCO3)no1. The molecule has 1 aromatic heterocycles. The van der Waals surface area contributed by atoms with E-state index in [2.05, 4.69) is 21.1 Å². The molecule has 0 atom stereocenters. The van der Waals surface area contributed by atoms with Crippen LogP contribution in [0.5, 0.6) is 11.5 Å². The first kappa shape index (κ1) is 10.5. The van der Waals surface area contributed by atoms with Crippen LogP contribution in [0.2, 0.25) is 0 Å². The second-order valence-electron chi connectivity index (χ2n) is 3.56. The molecule has 1 aromatic carbocycles. The lowest BCUT2D eigenvalue weighted by Crippen LogP contribution is -2.16. The molecular formula is C11H9BrN2O3. The van der Waals surface area contributed by atoms with Gasteiger partial charge in [-0.15, -0.1) is 0 Å². The largest absolute Gasteiger partial charge is 0.485 e. The normalized spacial score (nSPS) is 13.7. The number of ether oxygens (including phenoxy) is 2. The van der Waals surface area contributed by atoms with Crippen LogP contribution < -0.4 is 15.2 Å². The van der Waals surface area contributed by atoms with Crippen molar-refractivity contribution in [2.24, 2.45) is 0 Å². The lowest BCUT2D eigenvalue weighted by Gasteiger charge is -2.21. The number of hydrogen-bond acceptors (Lipinski definition) is 5. The molecule has 3 rings (SSSR count). The van der Waals surface area contributed by atoms with Gasteiger partial charge in [0.1, 0.15) is 18.9 Å². The van der Waals surface area contributed by atoms with Crippen LogP contribution >= 0.6 is 15.9 Å². The van der Waals surface area contributed by atoms with Gasteiger partial charge in [-0.3, -0.25) is 0 Å². The molecule has 88 valence electrons. The van der Waals surface area contributed by atoms with Crippen molar-refractivity contribution in [2.45, 2.75) is 0 Å². The highest BCUT2D eigenvalue weighted by Gasteiger charge is 2.21. The summed E-state index contributed by atoms with van der Waals surface area (Å²) >= 11 is 3.42. The Morgan fingerprint density at radius 2 is 1.94 bits per heavy atom. The molecule has 0 aliphatic carbocycles. The minimum absolute atomic E-state index is 0.272. The Kier molecular flexibility index (Phi) is 2.44. The summed E-state index contributed by atoms with van der Waals surface area (Å²) in [6, 6.07) is 5.42. The quantitative estimate of drug-likeness (QED) is 0.875. The van der Waals surface area contributed by atoms with E-state index in [4.69, 9.17) is 19.7 Å². The molecular weight excluding hydrogens is 288 g/mol. The van der Waals surface area contributed by atoms with Crippen LogP contribution in [-0.2, 0) is 0 Å². The molecule has 0 radical (unpaired) electrons. The maximum Gasteiger partial charge on any atom is 0.222 e. The van der Waals surface area contributed by atoms with Crippen molar-refractivity contribution in [1.29, 1.82) is 0 Å². The van der Waals surface area contributed by atoms with E-state index in [9.17, 15) is 0 Å². The Morgan fingerprint density at radius 1 is 1.18 bits per heavy atom. The molecule has 0 amide bonds. The van der Waals surface area contributed by atoms with Gasteiger partial charge in [0, 0.05) is 11.6 Å². The molecule has 0 bridgehead atoms. The Bertz CT molecular complexity index is 568. The molecule has 2 N–H and O–H groups in total. The third kappa shape index (κ3) is 1.74. The van der Waals surface area contributed by atoms with Gasteiger partial charge in [0.05, 0.1) is 4.47 Å². The standard InChI is InChI=1S/C11H9BrN2O3/c12-7-2-1-6(8-5-9(13)17-14-8)10-11(7)16-4-3-15-10/h1-2,5H,3-4,13H2. The Morgan fingerprint density at radius 3 is 2.65 bits per heavy atom. The van der Waals surface area contributed by atoms with Crippen LogP contribution in [-0.4, -0.2) is 18.4 Å². The second kappa shape index (κ2) is 3.96.